The van der Waals surface area contributed by atoms with Crippen LogP contribution in [0.2, 0.25) is 0 Å². The summed E-state index contributed by atoms with van der Waals surface area (Å²) in [4.78, 5) is 0. The van der Waals surface area contributed by atoms with Gasteiger partial charge in [-0.05, 0) is 45.5 Å². The Balaban J connectivity index is 0.00000324. The van der Waals surface area contributed by atoms with Crippen LogP contribution >= 0.6 is 28.3 Å². The molecular formula is C14H23BrClNO2. The van der Waals surface area contributed by atoms with Gasteiger partial charge in [-0.3, -0.25) is 0 Å². The summed E-state index contributed by atoms with van der Waals surface area (Å²) in [6.45, 7) is 6.23. The van der Waals surface area contributed by atoms with E-state index in [1.807, 2.05) is 18.2 Å². The minimum absolute atomic E-state index is 0. The Kier molecular flexibility index (Phi) is 7.37. The summed E-state index contributed by atoms with van der Waals surface area (Å²) >= 11 is 3.41. The molecule has 0 fully saturated rings. The maximum absolute atomic E-state index is 10.2. The number of nitrogens with two attached hydrogens (primary N) is 1. The number of methoxy groups -OCH3 is 1. The lowest BCUT2D eigenvalue weighted by Crippen LogP contribution is -2.36. The van der Waals surface area contributed by atoms with E-state index < -0.39 is 6.10 Å². The van der Waals surface area contributed by atoms with E-state index in [1.165, 1.54) is 0 Å². The van der Waals surface area contributed by atoms with Crippen molar-refractivity contribution in [3.63, 3.8) is 0 Å². The highest BCUT2D eigenvalue weighted by molar-refractivity contribution is 9.10. The number of ether oxygens (including phenoxy) is 1. The minimum Gasteiger partial charge on any atom is -0.496 e. The lowest BCUT2D eigenvalue weighted by Gasteiger charge is -2.29. The number of rotatable bonds is 4. The Morgan fingerprint density at radius 1 is 1.37 bits per heavy atom. The lowest BCUT2D eigenvalue weighted by molar-refractivity contribution is 0.133. The summed E-state index contributed by atoms with van der Waals surface area (Å²) in [6.07, 6.45) is -0.0103. The third kappa shape index (κ3) is 5.30. The van der Waals surface area contributed by atoms with Gasteiger partial charge >= 0.3 is 0 Å². The summed E-state index contributed by atoms with van der Waals surface area (Å²) in [5.41, 5.74) is 6.93. The maximum atomic E-state index is 10.2. The first-order valence-electron chi connectivity index (χ1n) is 6.02. The van der Waals surface area contributed by atoms with E-state index in [4.69, 9.17) is 10.5 Å². The molecule has 5 heteroatoms. The van der Waals surface area contributed by atoms with Crippen LogP contribution in [0.4, 0.5) is 0 Å². The third-order valence-electron chi connectivity index (χ3n) is 3.15. The van der Waals surface area contributed by atoms with Crippen LogP contribution < -0.4 is 10.5 Å². The normalized spacial score (nSPS) is 14.5. The Morgan fingerprint density at radius 3 is 2.37 bits per heavy atom. The van der Waals surface area contributed by atoms with Gasteiger partial charge in [-0.25, -0.2) is 0 Å². The summed E-state index contributed by atoms with van der Waals surface area (Å²) in [6, 6.07) is 5.53. The number of hydrogen-bond donors (Lipinski definition) is 2. The highest BCUT2D eigenvalue weighted by Gasteiger charge is 2.24. The number of halogens is 2. The first-order valence-corrected chi connectivity index (χ1v) is 6.82. The van der Waals surface area contributed by atoms with Gasteiger partial charge in [0.15, 0.2) is 0 Å². The van der Waals surface area contributed by atoms with E-state index >= 15 is 0 Å². The molecule has 0 amide bonds. The van der Waals surface area contributed by atoms with Crippen molar-refractivity contribution >= 4 is 28.3 Å². The molecule has 0 spiro atoms. The molecule has 1 aromatic carbocycles. The van der Waals surface area contributed by atoms with Gasteiger partial charge in [-0.2, -0.15) is 0 Å². The van der Waals surface area contributed by atoms with Crippen molar-refractivity contribution in [2.45, 2.75) is 39.3 Å². The molecule has 2 atom stereocenters. The molecule has 0 aliphatic heterocycles. The molecule has 1 aromatic rings. The van der Waals surface area contributed by atoms with Gasteiger partial charge in [0.25, 0.3) is 0 Å². The van der Waals surface area contributed by atoms with Crippen molar-refractivity contribution in [3.05, 3.63) is 28.2 Å². The fourth-order valence-corrected chi connectivity index (χ4v) is 2.18. The molecule has 3 N–H and O–H groups in total. The van der Waals surface area contributed by atoms with Gasteiger partial charge in [0.05, 0.1) is 17.7 Å². The molecule has 0 aliphatic rings. The third-order valence-corrected chi connectivity index (χ3v) is 3.77. The Bertz CT molecular complexity index is 407. The molecule has 0 saturated carbocycles. The monoisotopic (exact) mass is 351 g/mol. The highest BCUT2D eigenvalue weighted by Crippen LogP contribution is 2.31. The summed E-state index contributed by atoms with van der Waals surface area (Å²) in [5.74, 6) is 0.756. The van der Waals surface area contributed by atoms with Gasteiger partial charge in [0.1, 0.15) is 5.75 Å². The van der Waals surface area contributed by atoms with E-state index in [9.17, 15) is 5.11 Å². The predicted octanol–water partition coefficient (Wildman–Crippen LogP) is 3.68. The molecule has 0 aromatic heterocycles. The summed E-state index contributed by atoms with van der Waals surface area (Å²) in [7, 11) is 1.62. The van der Waals surface area contributed by atoms with Crippen LogP contribution in [-0.2, 0) is 0 Å². The van der Waals surface area contributed by atoms with Gasteiger partial charge < -0.3 is 15.6 Å². The quantitative estimate of drug-likeness (QED) is 0.869. The Labute approximate surface area is 130 Å². The van der Waals surface area contributed by atoms with E-state index in [2.05, 4.69) is 36.7 Å². The van der Waals surface area contributed by atoms with Crippen LogP contribution in [0, 0.1) is 5.41 Å². The molecule has 1 rings (SSSR count). The number of aliphatic hydroxyl groups is 1. The molecule has 0 saturated heterocycles. The molecule has 0 radical (unpaired) electrons. The SMILES string of the molecule is COc1ccc([C@H](O)C[C@H](N)C(C)(C)C)cc1Br.Cl. The van der Waals surface area contributed by atoms with Crippen LogP contribution in [-0.4, -0.2) is 18.3 Å². The van der Waals surface area contributed by atoms with Crippen LogP contribution in [0.1, 0.15) is 38.9 Å². The van der Waals surface area contributed by atoms with Crippen molar-refractivity contribution in [3.8, 4) is 5.75 Å². The van der Waals surface area contributed by atoms with Gasteiger partial charge in [-0.1, -0.05) is 26.8 Å². The fraction of sp³-hybridized carbons (Fsp3) is 0.571. The zero-order chi connectivity index (χ0) is 13.9. The van der Waals surface area contributed by atoms with Crippen molar-refractivity contribution in [2.75, 3.05) is 7.11 Å². The topological polar surface area (TPSA) is 55.5 Å². The zero-order valence-corrected chi connectivity index (χ0v) is 14.2. The molecule has 19 heavy (non-hydrogen) atoms. The molecular weight excluding hydrogens is 330 g/mol. The standard InChI is InChI=1S/C14H22BrNO2.ClH/c1-14(2,3)13(16)8-11(17)9-5-6-12(18-4)10(15)7-9;/h5-7,11,13,17H,8,16H2,1-4H3;1H/t11-,13+;/m1./s1. The summed E-state index contributed by atoms with van der Waals surface area (Å²) in [5, 5.41) is 10.2. The Hall–Kier alpha value is -0.290. The Morgan fingerprint density at radius 2 is 1.95 bits per heavy atom. The lowest BCUT2D eigenvalue weighted by atomic mass is 9.83. The van der Waals surface area contributed by atoms with E-state index in [0.29, 0.717) is 6.42 Å². The minimum atomic E-state index is -0.554. The number of hydrogen-bond acceptors (Lipinski definition) is 3. The van der Waals surface area contributed by atoms with Crippen LogP contribution in [0.3, 0.4) is 0 Å². The zero-order valence-electron chi connectivity index (χ0n) is 11.8. The first kappa shape index (κ1) is 18.7. The molecule has 0 heterocycles. The molecule has 110 valence electrons. The van der Waals surface area contributed by atoms with Crippen molar-refractivity contribution in [2.24, 2.45) is 11.1 Å². The molecule has 0 bridgehead atoms. The van der Waals surface area contributed by atoms with E-state index in [1.54, 1.807) is 7.11 Å². The summed E-state index contributed by atoms with van der Waals surface area (Å²) < 4.78 is 6.00. The second-order valence-electron chi connectivity index (χ2n) is 5.62. The first-order chi connectivity index (χ1) is 8.25. The number of aliphatic hydroxyl groups excluding tert-OH is 1. The van der Waals surface area contributed by atoms with Crippen molar-refractivity contribution in [1.82, 2.24) is 0 Å². The molecule has 0 aliphatic carbocycles. The van der Waals surface area contributed by atoms with Crippen LogP contribution in [0.15, 0.2) is 22.7 Å². The predicted molar refractivity (Wildman–Crippen MR) is 84.9 cm³/mol. The van der Waals surface area contributed by atoms with Crippen LogP contribution in [0.5, 0.6) is 5.75 Å². The van der Waals surface area contributed by atoms with Crippen molar-refractivity contribution in [1.29, 1.82) is 0 Å². The fourth-order valence-electron chi connectivity index (χ4n) is 1.62. The average Bonchev–Trinajstić information content (AvgIpc) is 2.27. The smallest absolute Gasteiger partial charge is 0.133 e. The largest absolute Gasteiger partial charge is 0.496 e. The van der Waals surface area contributed by atoms with Crippen molar-refractivity contribution < 1.29 is 9.84 Å². The van der Waals surface area contributed by atoms with E-state index in [-0.39, 0.29) is 23.9 Å². The number of benzene rings is 1. The second-order valence-corrected chi connectivity index (χ2v) is 6.47. The maximum Gasteiger partial charge on any atom is 0.133 e. The molecule has 3 nitrogen and oxygen atoms in total. The second kappa shape index (κ2) is 7.48. The van der Waals surface area contributed by atoms with Crippen LogP contribution in [0.25, 0.3) is 0 Å². The van der Waals surface area contributed by atoms with Gasteiger partial charge in [0.2, 0.25) is 0 Å². The van der Waals surface area contributed by atoms with Gasteiger partial charge in [0, 0.05) is 6.04 Å². The van der Waals surface area contributed by atoms with E-state index in [0.717, 1.165) is 15.8 Å². The molecule has 0 unspecified atom stereocenters. The average molecular weight is 353 g/mol. The van der Waals surface area contributed by atoms with Gasteiger partial charge in [-0.15, -0.1) is 12.4 Å². The highest BCUT2D eigenvalue weighted by atomic mass is 79.9.